The van der Waals surface area contributed by atoms with Crippen LogP contribution in [0.25, 0.3) is 0 Å². The molecule has 10 atom stereocenters. The smallest absolute Gasteiger partial charge is 0.330 e. The summed E-state index contributed by atoms with van der Waals surface area (Å²) in [6, 6.07) is 17.4. The van der Waals surface area contributed by atoms with Gasteiger partial charge in [0.05, 0.1) is 82.7 Å². The Bertz CT molecular complexity index is 2250. The van der Waals surface area contributed by atoms with Crippen LogP contribution in [-0.2, 0) is 74.7 Å². The summed E-state index contributed by atoms with van der Waals surface area (Å²) in [7, 11) is 2.01. The molecule has 416 valence electrons. The second kappa shape index (κ2) is 27.7. The molecule has 2 aromatic carbocycles. The van der Waals surface area contributed by atoms with Crippen molar-refractivity contribution < 1.29 is 71.3 Å². The van der Waals surface area contributed by atoms with Crippen molar-refractivity contribution in [1.29, 1.82) is 0 Å². The Morgan fingerprint density at radius 2 is 1.47 bits per heavy atom. The lowest BCUT2D eigenvalue weighted by Gasteiger charge is -2.53. The van der Waals surface area contributed by atoms with Crippen LogP contribution in [0.5, 0.6) is 5.75 Å². The van der Waals surface area contributed by atoms with Crippen LogP contribution in [0.15, 0.2) is 103 Å². The number of hydrogen-bond donors (Lipinski definition) is 1. The quantitative estimate of drug-likeness (QED) is 0.0235. The zero-order valence-corrected chi connectivity index (χ0v) is 47.7. The van der Waals surface area contributed by atoms with Gasteiger partial charge in [0.1, 0.15) is 12.5 Å². The van der Waals surface area contributed by atoms with Crippen LogP contribution in [0.2, 0.25) is 18.1 Å². The van der Waals surface area contributed by atoms with Crippen LogP contribution < -0.4 is 4.74 Å². The van der Waals surface area contributed by atoms with E-state index in [1.165, 1.54) is 27.2 Å². The third-order valence-electron chi connectivity index (χ3n) is 14.9. The molecular weight excluding hydrogens is 977 g/mol. The molecule has 15 nitrogen and oxygen atoms in total. The Labute approximate surface area is 447 Å². The fraction of sp³-hybridized carbons (Fsp3) is 0.610. The minimum Gasteiger partial charge on any atom is -0.497 e. The van der Waals surface area contributed by atoms with Crippen LogP contribution in [0, 0.1) is 5.41 Å². The second-order valence-electron chi connectivity index (χ2n) is 22.4. The lowest BCUT2D eigenvalue weighted by Crippen LogP contribution is -2.63. The molecule has 0 aliphatic carbocycles. The minimum absolute atomic E-state index is 0.0396. The molecule has 3 aliphatic rings. The predicted molar refractivity (Wildman–Crippen MR) is 288 cm³/mol. The number of carboxylic acid groups (broad SMARTS) is 1. The molecule has 0 spiro atoms. The summed E-state index contributed by atoms with van der Waals surface area (Å²) >= 11 is 0. The third-order valence-corrected chi connectivity index (χ3v) is 19.4. The molecular formula is C59H86O15Si. The number of hydrogen-bond acceptors (Lipinski definition) is 14. The topological polar surface area (TPSA) is 173 Å². The summed E-state index contributed by atoms with van der Waals surface area (Å²) in [6.45, 7) is 27.5. The van der Waals surface area contributed by atoms with E-state index in [2.05, 4.69) is 47.0 Å². The molecule has 0 bridgehead atoms. The Hall–Kier alpha value is -4.49. The molecule has 5 rings (SSSR count). The summed E-state index contributed by atoms with van der Waals surface area (Å²) in [5.41, 5.74) is 3.41. The first kappa shape index (κ1) is 61.4. The fourth-order valence-corrected chi connectivity index (χ4v) is 11.3. The van der Waals surface area contributed by atoms with Crippen molar-refractivity contribution in [3.63, 3.8) is 0 Å². The van der Waals surface area contributed by atoms with E-state index in [0.717, 1.165) is 28.0 Å². The van der Waals surface area contributed by atoms with Crippen molar-refractivity contribution in [2.75, 3.05) is 28.1 Å². The Morgan fingerprint density at radius 3 is 2.08 bits per heavy atom. The van der Waals surface area contributed by atoms with Gasteiger partial charge in [0.2, 0.25) is 5.79 Å². The predicted octanol–water partition coefficient (Wildman–Crippen LogP) is 11.1. The van der Waals surface area contributed by atoms with Gasteiger partial charge in [-0.25, -0.2) is 4.79 Å². The Kier molecular flexibility index (Phi) is 22.7. The van der Waals surface area contributed by atoms with Gasteiger partial charge in [-0.15, -0.1) is 0 Å². The zero-order chi connectivity index (χ0) is 55.1. The van der Waals surface area contributed by atoms with E-state index in [-0.39, 0.29) is 55.7 Å². The van der Waals surface area contributed by atoms with Gasteiger partial charge >= 0.3 is 17.9 Å². The first-order valence-electron chi connectivity index (χ1n) is 26.2. The molecule has 0 unspecified atom stereocenters. The average Bonchev–Trinajstić information content (AvgIpc) is 3.33. The number of ether oxygens (including phenoxy) is 10. The molecule has 0 amide bonds. The van der Waals surface area contributed by atoms with Crippen molar-refractivity contribution in [1.82, 2.24) is 0 Å². The van der Waals surface area contributed by atoms with Gasteiger partial charge in [-0.3, -0.25) is 9.59 Å². The average molecular weight is 1060 g/mol. The van der Waals surface area contributed by atoms with Crippen molar-refractivity contribution >= 4 is 26.2 Å². The number of carbonyl (C=O) groups is 3. The number of carbonyl (C=O) groups excluding carboxylic acids is 2. The van der Waals surface area contributed by atoms with Crippen LogP contribution in [0.3, 0.4) is 0 Å². The highest BCUT2D eigenvalue weighted by atomic mass is 28.4. The fourth-order valence-electron chi connectivity index (χ4n) is 9.87. The molecule has 16 heteroatoms. The minimum atomic E-state index is -2.41. The lowest BCUT2D eigenvalue weighted by molar-refractivity contribution is -0.338. The van der Waals surface area contributed by atoms with Gasteiger partial charge < -0.3 is 56.9 Å². The molecule has 0 saturated carbocycles. The molecule has 75 heavy (non-hydrogen) atoms. The number of methoxy groups -OCH3 is 3. The van der Waals surface area contributed by atoms with Gasteiger partial charge in [0.25, 0.3) is 0 Å². The van der Waals surface area contributed by atoms with Crippen LogP contribution >= 0.6 is 0 Å². The number of carboxylic acids is 1. The Balaban J connectivity index is 1.36. The Morgan fingerprint density at radius 1 is 0.827 bits per heavy atom. The van der Waals surface area contributed by atoms with E-state index in [1.54, 1.807) is 7.11 Å². The van der Waals surface area contributed by atoms with Gasteiger partial charge in [-0.1, -0.05) is 114 Å². The van der Waals surface area contributed by atoms with Gasteiger partial charge in [0, 0.05) is 44.8 Å². The maximum absolute atomic E-state index is 13.1. The molecule has 3 aliphatic heterocycles. The largest absolute Gasteiger partial charge is 0.497 e. The zero-order valence-electron chi connectivity index (χ0n) is 46.7. The maximum atomic E-state index is 13.1. The summed E-state index contributed by atoms with van der Waals surface area (Å²) in [6.07, 6.45) is 4.75. The standard InChI is InChI=1S/C59H86O15Si/c1-39-26-47(71-50(27-39)33-51-29-40(2)28-49(72-51)32-48(35-54(61)62)68-37-44-20-22-46(64-10)23-21-44)24-25-58(8,9)59(66-12)56(70-42(4)60)45(31-55(63)65-11)30-52(73-59)34-53(74-75(13,14)57(5,6)7)41(3)69-38-67-36-43-18-16-15-17-19-43/h15-25,31,41,47-53,56H,1-2,26-30,32-38H2,3-14H3,(H,61,62)/b25-24?,45-31+/t41-,47+,48-,49+,50+,51-,52+,53-,56+,59+/m1/s1. The van der Waals surface area contributed by atoms with Gasteiger partial charge in [-0.05, 0) is 86.0 Å². The molecule has 1 N–H and O–H groups in total. The highest BCUT2D eigenvalue weighted by molar-refractivity contribution is 6.74. The highest BCUT2D eigenvalue weighted by Gasteiger charge is 2.59. The summed E-state index contributed by atoms with van der Waals surface area (Å²) in [5.74, 6) is -3.08. The number of aliphatic carboxylic acids is 1. The highest BCUT2D eigenvalue weighted by Crippen LogP contribution is 2.50. The molecule has 3 saturated heterocycles. The van der Waals surface area contributed by atoms with E-state index >= 15 is 0 Å². The first-order valence-corrected chi connectivity index (χ1v) is 29.2. The SMILES string of the molecule is C=C1C[C@H](C[C@@H]2CC(=C)C[C@H](C=CC(C)(C)[C@@]3(OC)O[C@H](C[C@@H](O[Si](C)(C)C(C)(C)C)[C@@H](C)OCOCc4ccccc4)C/C(=C\C(=O)OC)[C@@H]3OC(C)=O)O2)O[C@H](C[C@H](CC(=O)O)OCc2ccc(OC)cc2)C1. The molecule has 3 fully saturated rings. The van der Waals surface area contributed by atoms with Crippen molar-refractivity contribution in [2.45, 2.75) is 198 Å². The molecule has 3 heterocycles. The molecule has 2 aromatic rings. The second-order valence-corrected chi connectivity index (χ2v) is 27.2. The first-order chi connectivity index (χ1) is 35.3. The van der Waals surface area contributed by atoms with Crippen molar-refractivity contribution in [2.24, 2.45) is 5.41 Å². The van der Waals surface area contributed by atoms with Crippen LogP contribution in [-0.4, -0.2) is 120 Å². The van der Waals surface area contributed by atoms with Crippen LogP contribution in [0.1, 0.15) is 117 Å². The number of benzene rings is 2. The maximum Gasteiger partial charge on any atom is 0.330 e. The van der Waals surface area contributed by atoms with E-state index in [0.29, 0.717) is 57.1 Å². The molecule has 0 radical (unpaired) electrons. The molecule has 0 aromatic heterocycles. The van der Waals surface area contributed by atoms with E-state index in [9.17, 15) is 19.5 Å². The van der Waals surface area contributed by atoms with E-state index in [1.807, 2.05) is 87.5 Å². The lowest BCUT2D eigenvalue weighted by atomic mass is 9.73. The summed E-state index contributed by atoms with van der Waals surface area (Å²) < 4.78 is 69.2. The number of rotatable bonds is 26. The third kappa shape index (κ3) is 18.0. The monoisotopic (exact) mass is 1060 g/mol. The normalized spacial score (nSPS) is 25.7. The van der Waals surface area contributed by atoms with E-state index in [4.69, 9.17) is 51.8 Å². The van der Waals surface area contributed by atoms with Crippen LogP contribution in [0.4, 0.5) is 0 Å². The number of esters is 2. The van der Waals surface area contributed by atoms with Gasteiger partial charge in [0.15, 0.2) is 14.4 Å². The van der Waals surface area contributed by atoms with Crippen molar-refractivity contribution in [3.8, 4) is 5.75 Å². The van der Waals surface area contributed by atoms with Gasteiger partial charge in [-0.2, -0.15) is 0 Å². The van der Waals surface area contributed by atoms with E-state index < -0.39 is 67.9 Å². The van der Waals surface area contributed by atoms with Crippen molar-refractivity contribution in [3.05, 3.63) is 114 Å². The summed E-state index contributed by atoms with van der Waals surface area (Å²) in [5, 5.41) is 9.64. The summed E-state index contributed by atoms with van der Waals surface area (Å²) in [4.78, 5) is 38.1.